The molecule has 0 saturated carbocycles. The Kier molecular flexibility index (Phi) is 6.53. The van der Waals surface area contributed by atoms with Crippen LogP contribution in [0, 0.1) is 5.92 Å². The molecule has 2 rings (SSSR count). The monoisotopic (exact) mass is 369 g/mol. The van der Waals surface area contributed by atoms with Gasteiger partial charge in [-0.15, -0.1) is 0 Å². The summed E-state index contributed by atoms with van der Waals surface area (Å²) in [4.78, 5) is 25.6. The summed E-state index contributed by atoms with van der Waals surface area (Å²) >= 11 is 6.29. The normalized spacial score (nSPS) is 17.5. The number of rotatable bonds is 6. The first-order chi connectivity index (χ1) is 11.8. The summed E-state index contributed by atoms with van der Waals surface area (Å²) in [5, 5.41) is 9.63. The zero-order valence-electron chi connectivity index (χ0n) is 14.8. The van der Waals surface area contributed by atoms with E-state index in [2.05, 4.69) is 0 Å². The van der Waals surface area contributed by atoms with Crippen molar-refractivity contribution in [2.45, 2.75) is 39.2 Å². The third-order valence-corrected chi connectivity index (χ3v) is 4.37. The number of nitrogens with zero attached hydrogens (tertiary/aromatic N) is 1. The number of carboxylic acids is 1. The standard InChI is InChI=1S/C18H24ClNO5/c1-11(2)10-25-16-13(19)8-12(9-15(16)24-3)17(21)20-7-5-4-6-14(20)18(22)23/h8-9,11,14H,4-7,10H2,1-3H3,(H,22,23). The highest BCUT2D eigenvalue weighted by atomic mass is 35.5. The van der Waals surface area contributed by atoms with Gasteiger partial charge in [0.2, 0.25) is 0 Å². The number of piperidine rings is 1. The smallest absolute Gasteiger partial charge is 0.326 e. The van der Waals surface area contributed by atoms with E-state index in [-0.39, 0.29) is 10.9 Å². The quantitative estimate of drug-likeness (QED) is 0.830. The van der Waals surface area contributed by atoms with Crippen molar-refractivity contribution in [3.05, 3.63) is 22.7 Å². The van der Waals surface area contributed by atoms with Gasteiger partial charge in [-0.1, -0.05) is 25.4 Å². The number of methoxy groups -OCH3 is 1. The fraction of sp³-hybridized carbons (Fsp3) is 0.556. The zero-order chi connectivity index (χ0) is 18.6. The summed E-state index contributed by atoms with van der Waals surface area (Å²) in [5.41, 5.74) is 0.298. The molecule has 0 aromatic heterocycles. The van der Waals surface area contributed by atoms with Crippen molar-refractivity contribution in [2.75, 3.05) is 20.3 Å². The minimum atomic E-state index is -0.983. The first-order valence-corrected chi connectivity index (χ1v) is 8.77. The van der Waals surface area contributed by atoms with Gasteiger partial charge in [-0.25, -0.2) is 4.79 Å². The Labute approximate surface area is 152 Å². The van der Waals surface area contributed by atoms with Crippen molar-refractivity contribution >= 4 is 23.5 Å². The van der Waals surface area contributed by atoms with Gasteiger partial charge in [0.25, 0.3) is 5.91 Å². The van der Waals surface area contributed by atoms with Gasteiger partial charge in [0.05, 0.1) is 18.7 Å². The minimum absolute atomic E-state index is 0.271. The molecule has 138 valence electrons. The molecule has 7 heteroatoms. The van der Waals surface area contributed by atoms with Crippen LogP contribution in [0.1, 0.15) is 43.5 Å². The third-order valence-electron chi connectivity index (χ3n) is 4.09. The van der Waals surface area contributed by atoms with Crippen molar-refractivity contribution in [1.29, 1.82) is 0 Å². The molecule has 1 atom stereocenters. The number of aliphatic carboxylic acids is 1. The first kappa shape index (κ1) is 19.4. The topological polar surface area (TPSA) is 76.1 Å². The number of likely N-dealkylation sites (tertiary alicyclic amines) is 1. The fourth-order valence-electron chi connectivity index (χ4n) is 2.83. The molecule has 1 amide bonds. The molecule has 1 aromatic rings. The highest BCUT2D eigenvalue weighted by Gasteiger charge is 2.33. The van der Waals surface area contributed by atoms with Crippen LogP contribution in [-0.2, 0) is 4.79 Å². The summed E-state index contributed by atoms with van der Waals surface area (Å²) in [5.74, 6) is -0.277. The lowest BCUT2D eigenvalue weighted by atomic mass is 10.0. The largest absolute Gasteiger partial charge is 0.493 e. The molecule has 1 aromatic carbocycles. The fourth-order valence-corrected chi connectivity index (χ4v) is 3.10. The molecule has 0 radical (unpaired) electrons. The molecule has 1 aliphatic rings. The molecule has 0 spiro atoms. The molecule has 1 aliphatic heterocycles. The number of hydrogen-bond acceptors (Lipinski definition) is 4. The Morgan fingerprint density at radius 2 is 2.08 bits per heavy atom. The Balaban J connectivity index is 2.30. The molecule has 1 fully saturated rings. The van der Waals surface area contributed by atoms with Gasteiger partial charge in [-0.2, -0.15) is 0 Å². The maximum absolute atomic E-state index is 12.8. The van der Waals surface area contributed by atoms with Gasteiger partial charge in [0.15, 0.2) is 11.5 Å². The second kappa shape index (κ2) is 8.43. The summed E-state index contributed by atoms with van der Waals surface area (Å²) in [7, 11) is 1.48. The van der Waals surface area contributed by atoms with Crippen molar-refractivity contribution < 1.29 is 24.2 Å². The second-order valence-electron chi connectivity index (χ2n) is 6.54. The third kappa shape index (κ3) is 4.57. The van der Waals surface area contributed by atoms with E-state index in [0.29, 0.717) is 42.6 Å². The van der Waals surface area contributed by atoms with Crippen molar-refractivity contribution in [3.8, 4) is 11.5 Å². The van der Waals surface area contributed by atoms with Crippen LogP contribution in [0.4, 0.5) is 0 Å². The van der Waals surface area contributed by atoms with Crippen LogP contribution in [0.2, 0.25) is 5.02 Å². The number of benzene rings is 1. The maximum Gasteiger partial charge on any atom is 0.326 e. The number of halogens is 1. The Morgan fingerprint density at radius 1 is 1.36 bits per heavy atom. The van der Waals surface area contributed by atoms with Crippen molar-refractivity contribution in [3.63, 3.8) is 0 Å². The van der Waals surface area contributed by atoms with E-state index in [9.17, 15) is 14.7 Å². The van der Waals surface area contributed by atoms with E-state index in [1.54, 1.807) is 6.07 Å². The van der Waals surface area contributed by atoms with Crippen molar-refractivity contribution in [2.24, 2.45) is 5.92 Å². The van der Waals surface area contributed by atoms with Crippen molar-refractivity contribution in [1.82, 2.24) is 4.90 Å². The van der Waals surface area contributed by atoms with E-state index in [1.165, 1.54) is 18.1 Å². The van der Waals surface area contributed by atoms with Gasteiger partial charge < -0.3 is 19.5 Å². The van der Waals surface area contributed by atoms with Gasteiger partial charge in [0, 0.05) is 12.1 Å². The SMILES string of the molecule is COc1cc(C(=O)N2CCCCC2C(=O)O)cc(Cl)c1OCC(C)C. The molecule has 0 aliphatic carbocycles. The Bertz CT molecular complexity index is 647. The lowest BCUT2D eigenvalue weighted by molar-refractivity contribution is -0.143. The van der Waals surface area contributed by atoms with E-state index in [4.69, 9.17) is 21.1 Å². The lowest BCUT2D eigenvalue weighted by Gasteiger charge is -2.33. The summed E-state index contributed by atoms with van der Waals surface area (Å²) in [6.45, 7) is 4.92. The molecular formula is C18H24ClNO5. The number of carbonyl (C=O) groups excluding carboxylic acids is 1. The number of hydrogen-bond donors (Lipinski definition) is 1. The van der Waals surface area contributed by atoms with E-state index in [1.807, 2.05) is 13.8 Å². The molecule has 1 saturated heterocycles. The molecule has 1 N–H and O–H groups in total. The highest BCUT2D eigenvalue weighted by Crippen LogP contribution is 2.37. The lowest BCUT2D eigenvalue weighted by Crippen LogP contribution is -2.48. The van der Waals surface area contributed by atoms with Crippen LogP contribution in [0.25, 0.3) is 0 Å². The zero-order valence-corrected chi connectivity index (χ0v) is 15.5. The van der Waals surface area contributed by atoms with Gasteiger partial charge >= 0.3 is 5.97 Å². The summed E-state index contributed by atoms with van der Waals surface area (Å²) in [6.07, 6.45) is 2.05. The van der Waals surface area contributed by atoms with Crippen LogP contribution in [-0.4, -0.2) is 48.2 Å². The summed E-state index contributed by atoms with van der Waals surface area (Å²) in [6, 6.07) is 2.26. The van der Waals surface area contributed by atoms with Gasteiger partial charge in [-0.05, 0) is 37.3 Å². The second-order valence-corrected chi connectivity index (χ2v) is 6.95. The highest BCUT2D eigenvalue weighted by molar-refractivity contribution is 6.32. The van der Waals surface area contributed by atoms with E-state index in [0.717, 1.165) is 12.8 Å². The number of ether oxygens (including phenoxy) is 2. The average Bonchev–Trinajstić information content (AvgIpc) is 2.59. The van der Waals surface area contributed by atoms with Crippen LogP contribution >= 0.6 is 11.6 Å². The maximum atomic E-state index is 12.8. The van der Waals surface area contributed by atoms with E-state index < -0.39 is 12.0 Å². The van der Waals surface area contributed by atoms with Gasteiger partial charge in [-0.3, -0.25) is 4.79 Å². The average molecular weight is 370 g/mol. The van der Waals surface area contributed by atoms with Gasteiger partial charge in [0.1, 0.15) is 6.04 Å². The van der Waals surface area contributed by atoms with E-state index >= 15 is 0 Å². The molecule has 1 heterocycles. The Morgan fingerprint density at radius 3 is 2.68 bits per heavy atom. The van der Waals surface area contributed by atoms with Crippen LogP contribution in [0.15, 0.2) is 12.1 Å². The summed E-state index contributed by atoms with van der Waals surface area (Å²) < 4.78 is 11.0. The minimum Gasteiger partial charge on any atom is -0.493 e. The molecule has 25 heavy (non-hydrogen) atoms. The predicted molar refractivity (Wildman–Crippen MR) is 94.6 cm³/mol. The number of carboxylic acid groups (broad SMARTS) is 1. The molecule has 0 bridgehead atoms. The number of carbonyl (C=O) groups is 2. The molecule has 6 nitrogen and oxygen atoms in total. The molecular weight excluding hydrogens is 346 g/mol. The van der Waals surface area contributed by atoms with Crippen LogP contribution in [0.5, 0.6) is 11.5 Å². The first-order valence-electron chi connectivity index (χ1n) is 8.39. The Hall–Kier alpha value is -1.95. The van der Waals surface area contributed by atoms with Crippen LogP contribution < -0.4 is 9.47 Å². The van der Waals surface area contributed by atoms with Crippen LogP contribution in [0.3, 0.4) is 0 Å². The molecule has 1 unspecified atom stereocenters. The predicted octanol–water partition coefficient (Wildman–Crippen LogP) is 3.46. The number of amides is 1.